The molecule has 16 heavy (non-hydrogen) atoms. The van der Waals surface area contributed by atoms with Crippen LogP contribution < -0.4 is 0 Å². The molecule has 1 saturated heterocycles. The molecule has 0 aliphatic carbocycles. The van der Waals surface area contributed by atoms with Crippen molar-refractivity contribution in [2.75, 3.05) is 46.4 Å². The molecule has 0 N–H and O–H groups in total. The average Bonchev–Trinajstić information content (AvgIpc) is 2.34. The van der Waals surface area contributed by atoms with Gasteiger partial charge in [-0.15, -0.1) is 0 Å². The zero-order valence-corrected chi connectivity index (χ0v) is 10.6. The van der Waals surface area contributed by atoms with Crippen molar-refractivity contribution in [3.63, 3.8) is 0 Å². The minimum atomic E-state index is 0.270. The van der Waals surface area contributed by atoms with Crippen LogP contribution in [0.25, 0.3) is 0 Å². The molecule has 0 aromatic carbocycles. The fourth-order valence-electron chi connectivity index (χ4n) is 1.80. The van der Waals surface area contributed by atoms with Crippen molar-refractivity contribution in [1.29, 1.82) is 0 Å². The second-order valence-corrected chi connectivity index (χ2v) is 4.40. The monoisotopic (exact) mass is 228 g/mol. The number of carbonyl (C=O) groups excluding carboxylic acids is 1. The van der Waals surface area contributed by atoms with Crippen LogP contribution in [-0.2, 0) is 9.53 Å². The van der Waals surface area contributed by atoms with Gasteiger partial charge in [0.2, 0.25) is 5.91 Å². The van der Waals surface area contributed by atoms with Crippen LogP contribution in [-0.4, -0.2) is 62.1 Å². The fourth-order valence-corrected chi connectivity index (χ4v) is 1.80. The normalized spacial score (nSPS) is 16.8. The van der Waals surface area contributed by atoms with Crippen LogP contribution >= 0.6 is 0 Å². The molecule has 1 rings (SSSR count). The van der Waals surface area contributed by atoms with E-state index >= 15 is 0 Å². The van der Waals surface area contributed by atoms with E-state index in [2.05, 4.69) is 18.9 Å². The first kappa shape index (κ1) is 13.5. The summed E-state index contributed by atoms with van der Waals surface area (Å²) >= 11 is 0. The Kier molecular flexibility index (Phi) is 6.42. The van der Waals surface area contributed by atoms with E-state index in [1.54, 1.807) is 0 Å². The minimum absolute atomic E-state index is 0.270. The Bertz CT molecular complexity index is 203. The van der Waals surface area contributed by atoms with E-state index in [-0.39, 0.29) is 5.91 Å². The number of hydrogen-bond donors (Lipinski definition) is 0. The van der Waals surface area contributed by atoms with Crippen molar-refractivity contribution in [1.82, 2.24) is 9.80 Å². The smallest absolute Gasteiger partial charge is 0.224 e. The zero-order valence-electron chi connectivity index (χ0n) is 10.6. The van der Waals surface area contributed by atoms with Crippen molar-refractivity contribution < 1.29 is 9.53 Å². The van der Waals surface area contributed by atoms with Gasteiger partial charge in [0, 0.05) is 26.1 Å². The Balaban J connectivity index is 2.13. The van der Waals surface area contributed by atoms with Gasteiger partial charge >= 0.3 is 0 Å². The molecule has 1 fully saturated rings. The summed E-state index contributed by atoms with van der Waals surface area (Å²) in [4.78, 5) is 16.0. The van der Waals surface area contributed by atoms with Gasteiger partial charge in [-0.1, -0.05) is 13.3 Å². The number of amides is 1. The van der Waals surface area contributed by atoms with Crippen LogP contribution in [0.15, 0.2) is 0 Å². The van der Waals surface area contributed by atoms with Crippen LogP contribution in [0.2, 0.25) is 0 Å². The summed E-state index contributed by atoms with van der Waals surface area (Å²) in [7, 11) is 2.09. The van der Waals surface area contributed by atoms with E-state index in [1.165, 1.54) is 12.8 Å². The number of hydrogen-bond acceptors (Lipinski definition) is 3. The first-order chi connectivity index (χ1) is 7.74. The van der Waals surface area contributed by atoms with Gasteiger partial charge in [0.25, 0.3) is 0 Å². The molecule has 0 aromatic rings. The number of unbranched alkanes of at least 4 members (excludes halogenated alkanes) is 1. The van der Waals surface area contributed by atoms with E-state index < -0.39 is 0 Å². The third-order valence-corrected chi connectivity index (χ3v) is 2.96. The summed E-state index contributed by atoms with van der Waals surface area (Å²) in [5, 5.41) is 0. The van der Waals surface area contributed by atoms with Gasteiger partial charge in [0.05, 0.1) is 13.2 Å². The first-order valence-corrected chi connectivity index (χ1v) is 6.28. The Labute approximate surface area is 98.5 Å². The summed E-state index contributed by atoms with van der Waals surface area (Å²) in [5.41, 5.74) is 0. The number of carbonyl (C=O) groups is 1. The third-order valence-electron chi connectivity index (χ3n) is 2.96. The van der Waals surface area contributed by atoms with Gasteiger partial charge in [0.15, 0.2) is 0 Å². The molecule has 1 aliphatic rings. The fraction of sp³-hybridized carbons (Fsp3) is 0.917. The summed E-state index contributed by atoms with van der Waals surface area (Å²) < 4.78 is 5.22. The van der Waals surface area contributed by atoms with Gasteiger partial charge in [-0.25, -0.2) is 0 Å². The molecule has 1 amide bonds. The maximum atomic E-state index is 11.8. The largest absolute Gasteiger partial charge is 0.378 e. The third kappa shape index (κ3) is 4.94. The number of ether oxygens (including phenoxy) is 1. The predicted molar refractivity (Wildman–Crippen MR) is 64.4 cm³/mol. The molecule has 94 valence electrons. The highest BCUT2D eigenvalue weighted by Crippen LogP contribution is 2.01. The van der Waals surface area contributed by atoms with Gasteiger partial charge in [-0.05, 0) is 20.0 Å². The van der Waals surface area contributed by atoms with E-state index in [0.717, 1.165) is 26.2 Å². The van der Waals surface area contributed by atoms with Crippen LogP contribution in [0.1, 0.15) is 26.2 Å². The topological polar surface area (TPSA) is 32.8 Å². The predicted octanol–water partition coefficient (Wildman–Crippen LogP) is 0.967. The second kappa shape index (κ2) is 7.63. The van der Waals surface area contributed by atoms with Gasteiger partial charge < -0.3 is 14.5 Å². The maximum Gasteiger partial charge on any atom is 0.224 e. The van der Waals surface area contributed by atoms with Gasteiger partial charge in [-0.3, -0.25) is 4.79 Å². The summed E-state index contributed by atoms with van der Waals surface area (Å²) in [6.07, 6.45) is 3.06. The highest BCUT2D eigenvalue weighted by molar-refractivity contribution is 5.76. The molecule has 0 atom stereocenters. The standard InChI is InChI=1S/C12H24N2O2/c1-3-4-6-13(2)7-5-12(15)14-8-10-16-11-9-14/h3-11H2,1-2H3. The molecule has 0 saturated carbocycles. The molecule has 1 aliphatic heterocycles. The molecular weight excluding hydrogens is 204 g/mol. The molecule has 0 aromatic heterocycles. The first-order valence-electron chi connectivity index (χ1n) is 6.28. The molecule has 4 heteroatoms. The molecule has 0 radical (unpaired) electrons. The van der Waals surface area contributed by atoms with Crippen LogP contribution in [0.4, 0.5) is 0 Å². The summed E-state index contributed by atoms with van der Waals surface area (Å²) in [6, 6.07) is 0. The lowest BCUT2D eigenvalue weighted by Crippen LogP contribution is -2.41. The summed E-state index contributed by atoms with van der Waals surface area (Å²) in [6.45, 7) is 7.06. The Hall–Kier alpha value is -0.610. The van der Waals surface area contributed by atoms with Crippen molar-refractivity contribution in [3.8, 4) is 0 Å². The van der Waals surface area contributed by atoms with Crippen molar-refractivity contribution in [3.05, 3.63) is 0 Å². The summed E-state index contributed by atoms with van der Waals surface area (Å²) in [5.74, 6) is 0.270. The van der Waals surface area contributed by atoms with Crippen molar-refractivity contribution >= 4 is 5.91 Å². The molecule has 4 nitrogen and oxygen atoms in total. The van der Waals surface area contributed by atoms with Crippen LogP contribution in [0.5, 0.6) is 0 Å². The van der Waals surface area contributed by atoms with Crippen molar-refractivity contribution in [2.24, 2.45) is 0 Å². The lowest BCUT2D eigenvalue weighted by molar-refractivity contribution is -0.135. The lowest BCUT2D eigenvalue weighted by atomic mass is 10.3. The van der Waals surface area contributed by atoms with E-state index in [9.17, 15) is 4.79 Å². The van der Waals surface area contributed by atoms with Gasteiger partial charge in [-0.2, -0.15) is 0 Å². The van der Waals surface area contributed by atoms with E-state index in [4.69, 9.17) is 4.74 Å². The highest BCUT2D eigenvalue weighted by Gasteiger charge is 2.16. The molecule has 0 unspecified atom stereocenters. The van der Waals surface area contributed by atoms with Gasteiger partial charge in [0.1, 0.15) is 0 Å². The highest BCUT2D eigenvalue weighted by atomic mass is 16.5. The lowest BCUT2D eigenvalue weighted by Gasteiger charge is -2.27. The van der Waals surface area contributed by atoms with E-state index in [1.807, 2.05) is 4.90 Å². The molecule has 0 bridgehead atoms. The van der Waals surface area contributed by atoms with Crippen LogP contribution in [0, 0.1) is 0 Å². The van der Waals surface area contributed by atoms with E-state index in [0.29, 0.717) is 19.6 Å². The number of rotatable bonds is 6. The zero-order chi connectivity index (χ0) is 11.8. The Morgan fingerprint density at radius 3 is 2.62 bits per heavy atom. The number of morpholine rings is 1. The molecule has 1 heterocycles. The second-order valence-electron chi connectivity index (χ2n) is 4.40. The molecule has 0 spiro atoms. The SMILES string of the molecule is CCCCN(C)CCC(=O)N1CCOCC1. The maximum absolute atomic E-state index is 11.8. The number of nitrogens with zero attached hydrogens (tertiary/aromatic N) is 2. The van der Waals surface area contributed by atoms with Crippen LogP contribution in [0.3, 0.4) is 0 Å². The molecular formula is C12H24N2O2. The Morgan fingerprint density at radius 2 is 2.00 bits per heavy atom. The quantitative estimate of drug-likeness (QED) is 0.679. The Morgan fingerprint density at radius 1 is 1.31 bits per heavy atom. The average molecular weight is 228 g/mol. The van der Waals surface area contributed by atoms with Crippen molar-refractivity contribution in [2.45, 2.75) is 26.2 Å². The minimum Gasteiger partial charge on any atom is -0.378 e.